The van der Waals surface area contributed by atoms with E-state index < -0.39 is 0 Å². The van der Waals surface area contributed by atoms with Crippen LogP contribution in [-0.2, 0) is 14.3 Å². The number of thioether (sulfide) groups is 1. The summed E-state index contributed by atoms with van der Waals surface area (Å²) in [4.78, 5) is 26.3. The smallest absolute Gasteiger partial charge is 0.305 e. The number of carbonyl (C=O) groups is 2. The SMILES string of the molecule is CCOC(=O)CCCN1C(=O)/C(=C/c2cccc3ccccc23)SC1=S. The van der Waals surface area contributed by atoms with Crippen molar-refractivity contribution < 1.29 is 14.3 Å². The zero-order valence-electron chi connectivity index (χ0n) is 14.4. The van der Waals surface area contributed by atoms with Crippen LogP contribution in [0.4, 0.5) is 0 Å². The van der Waals surface area contributed by atoms with Gasteiger partial charge in [-0.05, 0) is 35.8 Å². The van der Waals surface area contributed by atoms with Gasteiger partial charge in [0.05, 0.1) is 11.5 Å². The van der Waals surface area contributed by atoms with Crippen molar-refractivity contribution in [1.29, 1.82) is 0 Å². The van der Waals surface area contributed by atoms with Gasteiger partial charge in [-0.25, -0.2) is 0 Å². The van der Waals surface area contributed by atoms with Crippen LogP contribution in [0.3, 0.4) is 0 Å². The maximum atomic E-state index is 12.7. The Kier molecular flexibility index (Phi) is 6.06. The van der Waals surface area contributed by atoms with Gasteiger partial charge in [-0.3, -0.25) is 14.5 Å². The first-order valence-electron chi connectivity index (χ1n) is 8.49. The molecule has 1 amide bonds. The molecule has 4 nitrogen and oxygen atoms in total. The van der Waals surface area contributed by atoms with Gasteiger partial charge in [0, 0.05) is 13.0 Å². The Hall–Kier alpha value is -2.18. The normalized spacial score (nSPS) is 15.9. The summed E-state index contributed by atoms with van der Waals surface area (Å²) >= 11 is 6.66. The number of esters is 1. The van der Waals surface area contributed by atoms with Crippen molar-refractivity contribution in [3.8, 4) is 0 Å². The van der Waals surface area contributed by atoms with E-state index in [1.54, 1.807) is 11.8 Å². The Morgan fingerprint density at radius 3 is 2.81 bits per heavy atom. The number of nitrogens with zero attached hydrogens (tertiary/aromatic N) is 1. The molecule has 0 N–H and O–H groups in total. The summed E-state index contributed by atoms with van der Waals surface area (Å²) in [6.45, 7) is 2.57. The largest absolute Gasteiger partial charge is 0.466 e. The molecule has 0 bridgehead atoms. The van der Waals surface area contributed by atoms with Gasteiger partial charge >= 0.3 is 5.97 Å². The molecule has 1 aliphatic heterocycles. The highest BCUT2D eigenvalue weighted by atomic mass is 32.2. The predicted molar refractivity (Wildman–Crippen MR) is 110 cm³/mol. The molecule has 0 spiro atoms. The summed E-state index contributed by atoms with van der Waals surface area (Å²) in [5.41, 5.74) is 0.995. The molecule has 1 saturated heterocycles. The lowest BCUT2D eigenvalue weighted by Gasteiger charge is -2.13. The van der Waals surface area contributed by atoms with E-state index in [1.807, 2.05) is 48.5 Å². The molecule has 0 atom stereocenters. The molecule has 2 aromatic rings. The number of benzene rings is 2. The van der Waals surface area contributed by atoms with E-state index in [0.29, 0.717) is 28.8 Å². The van der Waals surface area contributed by atoms with E-state index >= 15 is 0 Å². The summed E-state index contributed by atoms with van der Waals surface area (Å²) in [6.07, 6.45) is 2.72. The third-order valence-corrected chi connectivity index (χ3v) is 5.43. The van der Waals surface area contributed by atoms with Crippen molar-refractivity contribution in [3.05, 3.63) is 52.9 Å². The van der Waals surface area contributed by atoms with Crippen molar-refractivity contribution in [3.63, 3.8) is 0 Å². The van der Waals surface area contributed by atoms with Crippen LogP contribution in [0.25, 0.3) is 16.8 Å². The fourth-order valence-electron chi connectivity index (χ4n) is 2.83. The molecule has 134 valence electrons. The van der Waals surface area contributed by atoms with Crippen LogP contribution in [0.5, 0.6) is 0 Å². The zero-order valence-corrected chi connectivity index (χ0v) is 16.1. The molecule has 3 rings (SSSR count). The van der Waals surface area contributed by atoms with E-state index in [0.717, 1.165) is 16.3 Å². The van der Waals surface area contributed by atoms with Crippen molar-refractivity contribution in [2.45, 2.75) is 19.8 Å². The van der Waals surface area contributed by atoms with Crippen molar-refractivity contribution in [2.24, 2.45) is 0 Å². The lowest BCUT2D eigenvalue weighted by atomic mass is 10.0. The lowest BCUT2D eigenvalue weighted by Crippen LogP contribution is -2.29. The number of ether oxygens (including phenoxy) is 1. The monoisotopic (exact) mass is 385 g/mol. The number of rotatable bonds is 6. The van der Waals surface area contributed by atoms with Crippen LogP contribution in [0, 0.1) is 0 Å². The first-order valence-corrected chi connectivity index (χ1v) is 9.71. The standard InChI is InChI=1S/C20H19NO3S2/c1-2-24-18(22)11-6-12-21-19(23)17(26-20(21)25)13-15-9-5-8-14-7-3-4-10-16(14)15/h3-5,7-10,13H,2,6,11-12H2,1H3/b17-13-. The topological polar surface area (TPSA) is 46.6 Å². The number of hydrogen-bond acceptors (Lipinski definition) is 5. The average molecular weight is 386 g/mol. The molecular formula is C20H19NO3S2. The molecule has 1 aliphatic rings. The van der Waals surface area contributed by atoms with Gasteiger partial charge in [-0.15, -0.1) is 0 Å². The van der Waals surface area contributed by atoms with Gasteiger partial charge in [0.25, 0.3) is 5.91 Å². The highest BCUT2D eigenvalue weighted by Gasteiger charge is 2.31. The minimum Gasteiger partial charge on any atom is -0.466 e. The fraction of sp³-hybridized carbons (Fsp3) is 0.250. The number of thiocarbonyl (C=S) groups is 1. The van der Waals surface area contributed by atoms with Crippen molar-refractivity contribution >= 4 is 57.0 Å². The highest BCUT2D eigenvalue weighted by molar-refractivity contribution is 8.26. The maximum absolute atomic E-state index is 12.7. The minimum atomic E-state index is -0.246. The Morgan fingerprint density at radius 2 is 2.00 bits per heavy atom. The molecule has 1 fully saturated rings. The second-order valence-corrected chi connectivity index (χ2v) is 7.49. The number of fused-ring (bicyclic) bond motifs is 1. The molecule has 26 heavy (non-hydrogen) atoms. The maximum Gasteiger partial charge on any atom is 0.305 e. The third kappa shape index (κ3) is 4.14. The van der Waals surface area contributed by atoms with Crippen LogP contribution in [0.2, 0.25) is 0 Å². The number of carbonyl (C=O) groups excluding carboxylic acids is 2. The highest BCUT2D eigenvalue weighted by Crippen LogP contribution is 2.34. The summed E-state index contributed by atoms with van der Waals surface area (Å²) in [6, 6.07) is 14.1. The fourth-order valence-corrected chi connectivity index (χ4v) is 4.12. The Balaban J connectivity index is 1.74. The number of amides is 1. The minimum absolute atomic E-state index is 0.100. The molecule has 0 saturated carbocycles. The van der Waals surface area contributed by atoms with Crippen LogP contribution in [0.1, 0.15) is 25.3 Å². The summed E-state index contributed by atoms with van der Waals surface area (Å²) in [5, 5.41) is 2.23. The quantitative estimate of drug-likeness (QED) is 0.419. The third-order valence-electron chi connectivity index (χ3n) is 4.05. The lowest BCUT2D eigenvalue weighted by molar-refractivity contribution is -0.143. The number of hydrogen-bond donors (Lipinski definition) is 0. The van der Waals surface area contributed by atoms with Crippen molar-refractivity contribution in [1.82, 2.24) is 4.90 Å². The summed E-state index contributed by atoms with van der Waals surface area (Å²) in [7, 11) is 0. The Morgan fingerprint density at radius 1 is 1.23 bits per heavy atom. The second kappa shape index (κ2) is 8.47. The summed E-state index contributed by atoms with van der Waals surface area (Å²) < 4.78 is 5.44. The van der Waals surface area contributed by atoms with Gasteiger partial charge in [-0.1, -0.05) is 66.4 Å². The van der Waals surface area contributed by atoms with Gasteiger partial charge in [0.15, 0.2) is 0 Å². The van der Waals surface area contributed by atoms with Crippen LogP contribution >= 0.6 is 24.0 Å². The molecule has 0 aromatic heterocycles. The molecular weight excluding hydrogens is 366 g/mol. The molecule has 2 aromatic carbocycles. The molecule has 6 heteroatoms. The molecule has 1 heterocycles. The molecule has 0 radical (unpaired) electrons. The van der Waals surface area contributed by atoms with E-state index in [2.05, 4.69) is 0 Å². The zero-order chi connectivity index (χ0) is 18.5. The molecule has 0 aliphatic carbocycles. The first kappa shape index (κ1) is 18.6. The van der Waals surface area contributed by atoms with Crippen LogP contribution < -0.4 is 0 Å². The Labute approximate surface area is 162 Å². The van der Waals surface area contributed by atoms with Crippen LogP contribution in [0.15, 0.2) is 47.4 Å². The van der Waals surface area contributed by atoms with E-state index in [-0.39, 0.29) is 18.3 Å². The Bertz CT molecular complexity index is 886. The van der Waals surface area contributed by atoms with E-state index in [9.17, 15) is 9.59 Å². The first-order chi connectivity index (χ1) is 12.6. The van der Waals surface area contributed by atoms with Gasteiger partial charge in [0.1, 0.15) is 4.32 Å². The average Bonchev–Trinajstić information content (AvgIpc) is 2.90. The van der Waals surface area contributed by atoms with Gasteiger partial charge < -0.3 is 4.74 Å². The second-order valence-electron chi connectivity index (χ2n) is 5.81. The van der Waals surface area contributed by atoms with Gasteiger partial charge in [-0.2, -0.15) is 0 Å². The predicted octanol–water partition coefficient (Wildman–Crippen LogP) is 4.38. The van der Waals surface area contributed by atoms with Gasteiger partial charge in [0.2, 0.25) is 0 Å². The summed E-state index contributed by atoms with van der Waals surface area (Å²) in [5.74, 6) is -0.346. The molecule has 0 unspecified atom stereocenters. The van der Waals surface area contributed by atoms with Crippen molar-refractivity contribution in [2.75, 3.05) is 13.2 Å². The van der Waals surface area contributed by atoms with E-state index in [1.165, 1.54) is 11.8 Å². The van der Waals surface area contributed by atoms with E-state index in [4.69, 9.17) is 17.0 Å². The van der Waals surface area contributed by atoms with Crippen LogP contribution in [-0.4, -0.2) is 34.2 Å².